The van der Waals surface area contributed by atoms with Crippen LogP contribution in [0.2, 0.25) is 0 Å². The molecule has 1 amide bonds. The lowest BCUT2D eigenvalue weighted by atomic mass is 9.88. The third-order valence-electron chi connectivity index (χ3n) is 3.20. The van der Waals surface area contributed by atoms with E-state index in [9.17, 15) is 4.79 Å². The summed E-state index contributed by atoms with van der Waals surface area (Å²) in [7, 11) is 4.77. The Kier molecular flexibility index (Phi) is 2.30. The third kappa shape index (κ3) is 1.37. The zero-order valence-electron chi connectivity index (χ0n) is 7.92. The van der Waals surface area contributed by atoms with E-state index in [1.165, 1.54) is 0 Å². The first-order chi connectivity index (χ1) is 6.15. The second-order valence-corrected chi connectivity index (χ2v) is 4.59. The summed E-state index contributed by atoms with van der Waals surface area (Å²) in [6.07, 6.45) is 1.89. The molecular formula is C8H16N3OP. The Bertz CT molecular complexity index is 225. The van der Waals surface area contributed by atoms with Crippen LogP contribution >= 0.6 is 9.39 Å². The van der Waals surface area contributed by atoms with E-state index in [1.807, 2.05) is 0 Å². The van der Waals surface area contributed by atoms with Gasteiger partial charge in [-0.3, -0.25) is 9.46 Å². The summed E-state index contributed by atoms with van der Waals surface area (Å²) >= 11 is 0. The Morgan fingerprint density at radius 3 is 2.54 bits per heavy atom. The smallest absolute Gasteiger partial charge is 0.241 e. The fourth-order valence-corrected chi connectivity index (χ4v) is 2.57. The molecule has 13 heavy (non-hydrogen) atoms. The third-order valence-corrected chi connectivity index (χ3v) is 3.87. The van der Waals surface area contributed by atoms with Crippen LogP contribution in [0.5, 0.6) is 0 Å². The maximum atomic E-state index is 11.7. The average Bonchev–Trinajstić information content (AvgIpc) is 2.39. The van der Waals surface area contributed by atoms with Gasteiger partial charge in [-0.1, -0.05) is 9.39 Å². The zero-order valence-corrected chi connectivity index (χ0v) is 9.07. The number of hydrogen-bond donors (Lipinski definition) is 1. The molecule has 2 fully saturated rings. The van der Waals surface area contributed by atoms with Gasteiger partial charge in [0.05, 0.1) is 6.67 Å². The van der Waals surface area contributed by atoms with Crippen LogP contribution in [-0.2, 0) is 4.79 Å². The number of amides is 1. The number of nitrogens with zero attached hydrogens (tertiary/aromatic N) is 2. The first-order valence-electron chi connectivity index (χ1n) is 4.64. The molecule has 2 saturated heterocycles. The minimum Gasteiger partial charge on any atom is -0.341 e. The quantitative estimate of drug-likeness (QED) is 0.543. The highest BCUT2D eigenvalue weighted by molar-refractivity contribution is 7.13. The molecule has 2 aliphatic rings. The summed E-state index contributed by atoms with van der Waals surface area (Å²) in [5.74, 6) is 0.204. The fourth-order valence-electron chi connectivity index (χ4n) is 2.11. The lowest BCUT2D eigenvalue weighted by Crippen LogP contribution is -2.52. The van der Waals surface area contributed by atoms with Crippen LogP contribution in [0.4, 0.5) is 0 Å². The SMILES string of the molecule is CN1CCC2(CC1)C(=O)NCN2P. The highest BCUT2D eigenvalue weighted by atomic mass is 31.0. The molecule has 0 saturated carbocycles. The van der Waals surface area contributed by atoms with Crippen LogP contribution < -0.4 is 5.32 Å². The van der Waals surface area contributed by atoms with Gasteiger partial charge in [-0.15, -0.1) is 0 Å². The van der Waals surface area contributed by atoms with Crippen LogP contribution in [-0.4, -0.2) is 47.8 Å². The van der Waals surface area contributed by atoms with Crippen LogP contribution in [0.15, 0.2) is 0 Å². The van der Waals surface area contributed by atoms with Gasteiger partial charge in [0.2, 0.25) is 5.91 Å². The van der Waals surface area contributed by atoms with Crippen LogP contribution in [0.25, 0.3) is 0 Å². The molecule has 0 aromatic rings. The van der Waals surface area contributed by atoms with Gasteiger partial charge in [-0.25, -0.2) is 0 Å². The van der Waals surface area contributed by atoms with Crippen molar-refractivity contribution in [2.45, 2.75) is 18.4 Å². The van der Waals surface area contributed by atoms with Gasteiger partial charge in [-0.05, 0) is 19.9 Å². The lowest BCUT2D eigenvalue weighted by Gasteiger charge is -2.39. The number of carbonyl (C=O) groups excluding carboxylic acids is 1. The summed E-state index contributed by atoms with van der Waals surface area (Å²) in [5.41, 5.74) is -0.225. The molecule has 1 spiro atoms. The van der Waals surface area contributed by atoms with Gasteiger partial charge in [-0.2, -0.15) is 0 Å². The summed E-state index contributed by atoms with van der Waals surface area (Å²) in [6.45, 7) is 2.70. The number of nitrogens with one attached hydrogen (secondary N) is 1. The monoisotopic (exact) mass is 201 g/mol. The second kappa shape index (κ2) is 3.19. The first-order valence-corrected chi connectivity index (χ1v) is 5.16. The van der Waals surface area contributed by atoms with Crippen molar-refractivity contribution in [1.29, 1.82) is 0 Å². The molecule has 0 aromatic heterocycles. The summed E-state index contributed by atoms with van der Waals surface area (Å²) < 4.78 is 2.07. The van der Waals surface area contributed by atoms with Crippen molar-refractivity contribution in [3.05, 3.63) is 0 Å². The van der Waals surface area contributed by atoms with Gasteiger partial charge in [0.1, 0.15) is 5.54 Å². The zero-order chi connectivity index (χ0) is 9.47. The molecule has 74 valence electrons. The largest absolute Gasteiger partial charge is 0.341 e. The Labute approximate surface area is 80.9 Å². The van der Waals surface area contributed by atoms with E-state index in [0.29, 0.717) is 6.67 Å². The van der Waals surface area contributed by atoms with Crippen LogP contribution in [0.1, 0.15) is 12.8 Å². The molecule has 0 aromatic carbocycles. The van der Waals surface area contributed by atoms with E-state index in [1.54, 1.807) is 0 Å². The minimum atomic E-state index is -0.225. The normalized spacial score (nSPS) is 29.5. The van der Waals surface area contributed by atoms with Crippen LogP contribution in [0, 0.1) is 0 Å². The molecular weight excluding hydrogens is 185 g/mol. The molecule has 1 atom stereocenters. The Hall–Kier alpha value is -0.180. The van der Waals surface area contributed by atoms with Crippen LogP contribution in [0.3, 0.4) is 0 Å². The average molecular weight is 201 g/mol. The maximum absolute atomic E-state index is 11.7. The number of likely N-dealkylation sites (tertiary alicyclic amines) is 1. The van der Waals surface area contributed by atoms with Crippen molar-refractivity contribution in [2.24, 2.45) is 0 Å². The van der Waals surface area contributed by atoms with Gasteiger partial charge in [0.25, 0.3) is 0 Å². The molecule has 2 aliphatic heterocycles. The molecule has 0 aliphatic carbocycles. The minimum absolute atomic E-state index is 0.204. The van der Waals surface area contributed by atoms with E-state index in [4.69, 9.17) is 0 Å². The Balaban J connectivity index is 2.15. The Morgan fingerprint density at radius 1 is 1.46 bits per heavy atom. The van der Waals surface area contributed by atoms with Gasteiger partial charge in [0, 0.05) is 13.1 Å². The van der Waals surface area contributed by atoms with Gasteiger partial charge in [0.15, 0.2) is 0 Å². The van der Waals surface area contributed by atoms with E-state index in [-0.39, 0.29) is 11.4 Å². The molecule has 0 bridgehead atoms. The predicted octanol–water partition coefficient (Wildman–Crippen LogP) is -0.370. The molecule has 1 N–H and O–H groups in total. The highest BCUT2D eigenvalue weighted by Gasteiger charge is 2.48. The number of carbonyl (C=O) groups is 1. The Morgan fingerprint density at radius 2 is 2.08 bits per heavy atom. The van der Waals surface area contributed by atoms with Crippen molar-refractivity contribution < 1.29 is 4.79 Å². The van der Waals surface area contributed by atoms with Crippen molar-refractivity contribution in [1.82, 2.24) is 14.9 Å². The van der Waals surface area contributed by atoms with Gasteiger partial charge >= 0.3 is 0 Å². The first kappa shape index (κ1) is 9.38. The van der Waals surface area contributed by atoms with Crippen molar-refractivity contribution in [3.63, 3.8) is 0 Å². The van der Waals surface area contributed by atoms with Crippen molar-refractivity contribution >= 4 is 15.3 Å². The molecule has 1 unspecified atom stereocenters. The summed E-state index contributed by atoms with van der Waals surface area (Å²) in [4.78, 5) is 14.0. The fraction of sp³-hybridized carbons (Fsp3) is 0.875. The molecule has 0 radical (unpaired) electrons. The molecule has 5 heteroatoms. The standard InChI is InChI=1S/C8H16N3OP/c1-10-4-2-8(3-5-10)7(12)9-6-11(8)13/h2-6,13H2,1H3,(H,9,12). The van der Waals surface area contributed by atoms with E-state index in [2.05, 4.69) is 31.3 Å². The number of hydrogen-bond acceptors (Lipinski definition) is 3. The highest BCUT2D eigenvalue weighted by Crippen LogP contribution is 2.33. The summed E-state index contributed by atoms with van der Waals surface area (Å²) in [6, 6.07) is 0. The lowest BCUT2D eigenvalue weighted by molar-refractivity contribution is -0.127. The maximum Gasteiger partial charge on any atom is 0.241 e. The topological polar surface area (TPSA) is 35.6 Å². The van der Waals surface area contributed by atoms with E-state index < -0.39 is 0 Å². The van der Waals surface area contributed by atoms with E-state index in [0.717, 1.165) is 25.9 Å². The molecule has 2 heterocycles. The van der Waals surface area contributed by atoms with E-state index >= 15 is 0 Å². The second-order valence-electron chi connectivity index (χ2n) is 3.97. The van der Waals surface area contributed by atoms with Crippen molar-refractivity contribution in [3.8, 4) is 0 Å². The van der Waals surface area contributed by atoms with Gasteiger partial charge < -0.3 is 10.2 Å². The van der Waals surface area contributed by atoms with Crippen molar-refractivity contribution in [2.75, 3.05) is 26.8 Å². The molecule has 4 nitrogen and oxygen atoms in total. The number of rotatable bonds is 0. The summed E-state index contributed by atoms with van der Waals surface area (Å²) in [5, 5.41) is 2.89. The number of piperidine rings is 1. The molecule has 2 rings (SSSR count). The predicted molar refractivity (Wildman–Crippen MR) is 54.0 cm³/mol.